The van der Waals surface area contributed by atoms with E-state index in [1.165, 1.54) is 12.1 Å². The van der Waals surface area contributed by atoms with Gasteiger partial charge in [0.05, 0.1) is 17.0 Å². The molecule has 1 amide bonds. The predicted molar refractivity (Wildman–Crippen MR) is 80.2 cm³/mol. The van der Waals surface area contributed by atoms with Gasteiger partial charge < -0.3 is 10.6 Å². The molecule has 0 atom stereocenters. The molecule has 21 heavy (non-hydrogen) atoms. The van der Waals surface area contributed by atoms with E-state index in [1.807, 2.05) is 6.92 Å². The van der Waals surface area contributed by atoms with Gasteiger partial charge in [0, 0.05) is 24.1 Å². The van der Waals surface area contributed by atoms with Crippen molar-refractivity contribution in [1.29, 1.82) is 0 Å². The number of nitro benzene ring substituents is 1. The number of amides is 1. The fourth-order valence-electron chi connectivity index (χ4n) is 1.82. The lowest BCUT2D eigenvalue weighted by atomic mass is 10.2. The number of fused-ring (bicyclic) bond motifs is 1. The van der Waals surface area contributed by atoms with Gasteiger partial charge >= 0.3 is 0 Å². The maximum Gasteiger partial charge on any atom is 0.270 e. The van der Waals surface area contributed by atoms with Crippen molar-refractivity contribution in [3.63, 3.8) is 0 Å². The Labute approximate surface area is 121 Å². The fraction of sp³-hybridized carbons (Fsp3) is 0.286. The smallest absolute Gasteiger partial charge is 0.270 e. The van der Waals surface area contributed by atoms with Gasteiger partial charge in [0.1, 0.15) is 5.82 Å². The fourth-order valence-corrected chi connectivity index (χ4v) is 1.82. The Morgan fingerprint density at radius 1 is 1.33 bits per heavy atom. The van der Waals surface area contributed by atoms with Crippen LogP contribution in [0.2, 0.25) is 0 Å². The Kier molecular flexibility index (Phi) is 4.65. The summed E-state index contributed by atoms with van der Waals surface area (Å²) in [7, 11) is 0. The van der Waals surface area contributed by atoms with E-state index in [-0.39, 0.29) is 18.1 Å². The van der Waals surface area contributed by atoms with Crippen molar-refractivity contribution in [3.05, 3.63) is 40.4 Å². The van der Waals surface area contributed by atoms with Crippen molar-refractivity contribution in [2.24, 2.45) is 0 Å². The van der Waals surface area contributed by atoms with Crippen LogP contribution in [0.3, 0.4) is 0 Å². The molecule has 0 spiro atoms. The molecule has 1 aromatic heterocycles. The molecule has 0 bridgehead atoms. The number of nitrogens with zero attached hydrogens (tertiary/aromatic N) is 2. The number of hydrogen-bond acceptors (Lipinski definition) is 5. The summed E-state index contributed by atoms with van der Waals surface area (Å²) in [6.07, 6.45) is 0.888. The molecule has 0 fully saturated rings. The van der Waals surface area contributed by atoms with Crippen LogP contribution >= 0.6 is 0 Å². The summed E-state index contributed by atoms with van der Waals surface area (Å²) in [5.41, 5.74) is 0.670. The van der Waals surface area contributed by atoms with Crippen molar-refractivity contribution in [2.45, 2.75) is 13.3 Å². The Balaban J connectivity index is 2.07. The summed E-state index contributed by atoms with van der Waals surface area (Å²) in [5, 5.41) is 17.1. The molecular formula is C14H16N4O3. The summed E-state index contributed by atoms with van der Waals surface area (Å²) in [6, 6.07) is 7.91. The van der Waals surface area contributed by atoms with Crippen molar-refractivity contribution < 1.29 is 9.72 Å². The van der Waals surface area contributed by atoms with Crippen molar-refractivity contribution >= 4 is 28.3 Å². The molecule has 2 N–H and O–H groups in total. The quantitative estimate of drug-likeness (QED) is 0.626. The molecule has 1 aromatic carbocycles. The maximum atomic E-state index is 11.5. The second-order valence-electron chi connectivity index (χ2n) is 4.53. The van der Waals surface area contributed by atoms with E-state index in [4.69, 9.17) is 0 Å². The average molecular weight is 288 g/mol. The summed E-state index contributed by atoms with van der Waals surface area (Å²) < 4.78 is 0. The first kappa shape index (κ1) is 14.7. The number of anilines is 1. The van der Waals surface area contributed by atoms with E-state index in [1.54, 1.807) is 18.2 Å². The number of nitro groups is 1. The van der Waals surface area contributed by atoms with Crippen LogP contribution in [0, 0.1) is 10.1 Å². The van der Waals surface area contributed by atoms with Gasteiger partial charge in [-0.3, -0.25) is 14.9 Å². The molecule has 7 heteroatoms. The molecule has 0 saturated heterocycles. The minimum Gasteiger partial charge on any atom is -0.361 e. The van der Waals surface area contributed by atoms with Crippen LogP contribution in [0.15, 0.2) is 30.3 Å². The van der Waals surface area contributed by atoms with Gasteiger partial charge in [-0.1, -0.05) is 6.92 Å². The minimum atomic E-state index is -0.441. The van der Waals surface area contributed by atoms with Crippen LogP contribution in [0.4, 0.5) is 11.5 Å². The van der Waals surface area contributed by atoms with Gasteiger partial charge in [0.2, 0.25) is 5.91 Å². The Bertz CT molecular complexity index is 672. The first-order valence-electron chi connectivity index (χ1n) is 6.66. The molecule has 0 radical (unpaired) electrons. The summed E-state index contributed by atoms with van der Waals surface area (Å²) >= 11 is 0. The Morgan fingerprint density at radius 3 is 2.86 bits per heavy atom. The molecular weight excluding hydrogens is 272 g/mol. The third-order valence-corrected chi connectivity index (χ3v) is 2.89. The maximum absolute atomic E-state index is 11.5. The van der Waals surface area contributed by atoms with E-state index >= 15 is 0 Å². The highest BCUT2D eigenvalue weighted by Crippen LogP contribution is 2.20. The van der Waals surface area contributed by atoms with Gasteiger partial charge in [-0.05, 0) is 24.6 Å². The monoisotopic (exact) mass is 288 g/mol. The topological polar surface area (TPSA) is 97.2 Å². The Hall–Kier alpha value is -2.70. The van der Waals surface area contributed by atoms with E-state index in [0.29, 0.717) is 23.3 Å². The summed E-state index contributed by atoms with van der Waals surface area (Å²) in [4.78, 5) is 26.1. The van der Waals surface area contributed by atoms with Gasteiger partial charge in [0.25, 0.3) is 5.69 Å². The molecule has 2 rings (SSSR count). The van der Waals surface area contributed by atoms with Crippen LogP contribution < -0.4 is 10.6 Å². The standard InChI is InChI=1S/C14H16N4O3/c1-2-7-15-14(19)9-16-13-6-3-10-8-11(18(20)21)4-5-12(10)17-13/h3-6,8H,2,7,9H2,1H3,(H,15,19)(H,16,17). The van der Waals surface area contributed by atoms with Crippen molar-refractivity contribution in [2.75, 3.05) is 18.4 Å². The number of hydrogen-bond donors (Lipinski definition) is 2. The molecule has 110 valence electrons. The number of benzene rings is 1. The molecule has 7 nitrogen and oxygen atoms in total. The highest BCUT2D eigenvalue weighted by atomic mass is 16.6. The molecule has 0 unspecified atom stereocenters. The molecule has 0 aliphatic carbocycles. The van der Waals surface area contributed by atoms with Crippen LogP contribution in [-0.4, -0.2) is 28.9 Å². The zero-order chi connectivity index (χ0) is 15.2. The van der Waals surface area contributed by atoms with Crippen molar-refractivity contribution in [3.8, 4) is 0 Å². The number of carbonyl (C=O) groups is 1. The third kappa shape index (κ3) is 3.88. The molecule has 0 aliphatic heterocycles. The first-order chi connectivity index (χ1) is 10.1. The first-order valence-corrected chi connectivity index (χ1v) is 6.66. The molecule has 2 aromatic rings. The van der Waals surface area contributed by atoms with E-state index in [0.717, 1.165) is 6.42 Å². The highest BCUT2D eigenvalue weighted by molar-refractivity contribution is 5.84. The van der Waals surface area contributed by atoms with Gasteiger partial charge in [-0.2, -0.15) is 0 Å². The van der Waals surface area contributed by atoms with E-state index < -0.39 is 4.92 Å². The molecule has 0 saturated carbocycles. The van der Waals surface area contributed by atoms with E-state index in [2.05, 4.69) is 15.6 Å². The van der Waals surface area contributed by atoms with E-state index in [9.17, 15) is 14.9 Å². The highest BCUT2D eigenvalue weighted by Gasteiger charge is 2.07. The predicted octanol–water partition coefficient (Wildman–Crippen LogP) is 2.08. The lowest BCUT2D eigenvalue weighted by Gasteiger charge is -2.07. The third-order valence-electron chi connectivity index (χ3n) is 2.89. The number of non-ortho nitro benzene ring substituents is 1. The van der Waals surface area contributed by atoms with Gasteiger partial charge in [-0.25, -0.2) is 4.98 Å². The van der Waals surface area contributed by atoms with Gasteiger partial charge in [-0.15, -0.1) is 0 Å². The lowest BCUT2D eigenvalue weighted by Crippen LogP contribution is -2.30. The summed E-state index contributed by atoms with van der Waals surface area (Å²) in [5.74, 6) is 0.463. The lowest BCUT2D eigenvalue weighted by molar-refractivity contribution is -0.384. The minimum absolute atomic E-state index is 0.0314. The number of nitrogens with one attached hydrogen (secondary N) is 2. The van der Waals surface area contributed by atoms with Crippen LogP contribution in [0.1, 0.15) is 13.3 Å². The van der Waals surface area contributed by atoms with Crippen LogP contribution in [0.5, 0.6) is 0 Å². The second kappa shape index (κ2) is 6.65. The SMILES string of the molecule is CCCNC(=O)CNc1ccc2cc([N+](=O)[O-])ccc2n1. The second-order valence-corrected chi connectivity index (χ2v) is 4.53. The van der Waals surface area contributed by atoms with Crippen molar-refractivity contribution in [1.82, 2.24) is 10.3 Å². The molecule has 0 aliphatic rings. The molecule has 1 heterocycles. The Morgan fingerprint density at radius 2 is 2.14 bits per heavy atom. The van der Waals surface area contributed by atoms with Crippen LogP contribution in [0.25, 0.3) is 10.9 Å². The number of carbonyl (C=O) groups excluding carboxylic acids is 1. The largest absolute Gasteiger partial charge is 0.361 e. The number of pyridine rings is 1. The zero-order valence-electron chi connectivity index (χ0n) is 11.6. The normalized spacial score (nSPS) is 10.3. The number of rotatable bonds is 6. The zero-order valence-corrected chi connectivity index (χ0v) is 11.6. The van der Waals surface area contributed by atoms with Crippen LogP contribution in [-0.2, 0) is 4.79 Å². The number of aromatic nitrogens is 1. The van der Waals surface area contributed by atoms with Gasteiger partial charge in [0.15, 0.2) is 0 Å². The average Bonchev–Trinajstić information content (AvgIpc) is 2.50. The summed E-state index contributed by atoms with van der Waals surface area (Å²) in [6.45, 7) is 2.78.